The van der Waals surface area contributed by atoms with Gasteiger partial charge in [-0.15, -0.1) is 11.3 Å². The van der Waals surface area contributed by atoms with E-state index in [1.54, 1.807) is 19.2 Å². The number of carboxylic acid groups (broad SMARTS) is 1. The van der Waals surface area contributed by atoms with Gasteiger partial charge in [0, 0.05) is 22.2 Å². The van der Waals surface area contributed by atoms with E-state index in [1.165, 1.54) is 29.4 Å². The molecule has 1 saturated carbocycles. The topological polar surface area (TPSA) is 142 Å². The van der Waals surface area contributed by atoms with E-state index >= 15 is 0 Å². The zero-order valence-electron chi connectivity index (χ0n) is 23.5. The van der Waals surface area contributed by atoms with Crippen molar-refractivity contribution in [3.05, 3.63) is 40.7 Å². The van der Waals surface area contributed by atoms with Gasteiger partial charge in [-0.3, -0.25) is 24.3 Å². The SMILES string of the molecule is CNCC(=O)Nc1c(-c2ccnc3cc(CN4C(=O)C5C(C4=O)C5(C)C)sc23)cc(C(F)(F)F)nc1C.O=C(O)C(F)(F)F. The molecule has 3 N–H and O–H groups in total. The molecule has 1 aliphatic heterocycles. The third kappa shape index (κ3) is 6.24. The lowest BCUT2D eigenvalue weighted by Gasteiger charge is -2.19. The van der Waals surface area contributed by atoms with Crippen LogP contribution in [-0.4, -0.2) is 63.4 Å². The van der Waals surface area contributed by atoms with Crippen LogP contribution in [0.15, 0.2) is 24.4 Å². The molecule has 236 valence electrons. The van der Waals surface area contributed by atoms with Crippen LogP contribution in [0.25, 0.3) is 21.3 Å². The fraction of sp³-hybridized carbons (Fsp3) is 0.407. The number of carbonyl (C=O) groups is 4. The average molecular weight is 646 g/mol. The number of aromatic nitrogens is 2. The average Bonchev–Trinajstić information content (AvgIpc) is 3.14. The summed E-state index contributed by atoms with van der Waals surface area (Å²) in [5, 5.41) is 12.5. The van der Waals surface area contributed by atoms with Crippen molar-refractivity contribution in [3.63, 3.8) is 0 Å². The number of likely N-dealkylation sites (tertiary alicyclic amines) is 1. The summed E-state index contributed by atoms with van der Waals surface area (Å²) in [4.78, 5) is 56.8. The number of anilines is 1. The van der Waals surface area contributed by atoms with Gasteiger partial charge in [0.15, 0.2) is 0 Å². The molecule has 0 radical (unpaired) electrons. The summed E-state index contributed by atoms with van der Waals surface area (Å²) in [6, 6.07) is 4.23. The monoisotopic (exact) mass is 645 g/mol. The molecule has 1 aliphatic carbocycles. The van der Waals surface area contributed by atoms with Crippen molar-refractivity contribution >= 4 is 50.9 Å². The van der Waals surface area contributed by atoms with Crippen molar-refractivity contribution in [2.75, 3.05) is 18.9 Å². The minimum absolute atomic E-state index is 0.0196. The van der Waals surface area contributed by atoms with Gasteiger partial charge >= 0.3 is 18.3 Å². The number of thiophene rings is 1. The number of aliphatic carboxylic acids is 1. The molecule has 5 rings (SSSR count). The van der Waals surface area contributed by atoms with Crippen molar-refractivity contribution in [2.45, 2.75) is 39.7 Å². The third-order valence-electron chi connectivity index (χ3n) is 7.29. The lowest BCUT2D eigenvalue weighted by Crippen LogP contribution is -2.35. The molecular formula is C27H25F6N5O5S. The molecule has 44 heavy (non-hydrogen) atoms. The molecule has 2 aliphatic rings. The first-order valence-electron chi connectivity index (χ1n) is 12.9. The summed E-state index contributed by atoms with van der Waals surface area (Å²) < 4.78 is 73.3. The Morgan fingerprint density at radius 2 is 1.66 bits per heavy atom. The Morgan fingerprint density at radius 3 is 2.18 bits per heavy atom. The predicted octanol–water partition coefficient (Wildman–Crippen LogP) is 4.62. The Kier molecular flexibility index (Phi) is 8.51. The zero-order chi connectivity index (χ0) is 32.9. The Morgan fingerprint density at radius 1 is 1.07 bits per heavy atom. The second kappa shape index (κ2) is 11.4. The highest BCUT2D eigenvalue weighted by atomic mass is 32.1. The number of rotatable bonds is 6. The second-order valence-corrected chi connectivity index (χ2v) is 11.9. The van der Waals surface area contributed by atoms with E-state index in [-0.39, 0.29) is 59.1 Å². The normalized spacial score (nSPS) is 19.0. The van der Waals surface area contributed by atoms with Gasteiger partial charge < -0.3 is 15.7 Å². The Labute approximate surface area is 249 Å². The molecule has 10 nitrogen and oxygen atoms in total. The minimum Gasteiger partial charge on any atom is -0.475 e. The molecule has 3 aromatic heterocycles. The summed E-state index contributed by atoms with van der Waals surface area (Å²) in [6.45, 7) is 5.26. The van der Waals surface area contributed by atoms with Crippen molar-refractivity contribution in [3.8, 4) is 11.1 Å². The highest BCUT2D eigenvalue weighted by molar-refractivity contribution is 7.19. The van der Waals surface area contributed by atoms with Crippen LogP contribution < -0.4 is 10.6 Å². The number of halogens is 6. The quantitative estimate of drug-likeness (QED) is 0.261. The van der Waals surface area contributed by atoms with Crippen LogP contribution in [-0.2, 0) is 31.9 Å². The van der Waals surface area contributed by atoms with Crippen molar-refractivity contribution in [1.82, 2.24) is 20.2 Å². The number of nitrogens with one attached hydrogen (secondary N) is 2. The smallest absolute Gasteiger partial charge is 0.475 e. The van der Waals surface area contributed by atoms with Gasteiger partial charge in [0.25, 0.3) is 0 Å². The summed E-state index contributed by atoms with van der Waals surface area (Å²) in [5.74, 6) is -4.18. The van der Waals surface area contributed by atoms with Crippen LogP contribution in [0.5, 0.6) is 0 Å². The molecule has 3 amide bonds. The van der Waals surface area contributed by atoms with Crippen LogP contribution in [0.1, 0.15) is 30.1 Å². The Hall–Kier alpha value is -4.12. The van der Waals surface area contributed by atoms with E-state index in [4.69, 9.17) is 9.90 Å². The molecule has 0 spiro atoms. The number of piperidine rings is 1. The van der Waals surface area contributed by atoms with Crippen LogP contribution in [0.4, 0.5) is 32.0 Å². The fourth-order valence-corrected chi connectivity index (χ4v) is 6.26. The highest BCUT2D eigenvalue weighted by Gasteiger charge is 2.72. The first-order valence-corrected chi connectivity index (χ1v) is 13.7. The maximum absolute atomic E-state index is 13.6. The number of hydrogen-bond donors (Lipinski definition) is 3. The number of alkyl halides is 6. The van der Waals surface area contributed by atoms with Gasteiger partial charge in [-0.1, -0.05) is 13.8 Å². The van der Waals surface area contributed by atoms with Gasteiger partial charge in [0.2, 0.25) is 17.7 Å². The van der Waals surface area contributed by atoms with E-state index in [0.29, 0.717) is 20.7 Å². The predicted molar refractivity (Wildman–Crippen MR) is 145 cm³/mol. The van der Waals surface area contributed by atoms with E-state index in [1.807, 2.05) is 13.8 Å². The number of aryl methyl sites for hydroxylation is 1. The Bertz CT molecular complexity index is 1640. The molecule has 4 heterocycles. The van der Waals surface area contributed by atoms with Crippen molar-refractivity contribution in [1.29, 1.82) is 0 Å². The van der Waals surface area contributed by atoms with Gasteiger partial charge in [-0.2, -0.15) is 26.3 Å². The molecule has 2 fully saturated rings. The maximum Gasteiger partial charge on any atom is 0.490 e. The van der Waals surface area contributed by atoms with Crippen LogP contribution in [0.3, 0.4) is 0 Å². The number of likely N-dealkylation sites (N-methyl/N-ethyl adjacent to an activating group) is 1. The first kappa shape index (κ1) is 32.8. The zero-order valence-corrected chi connectivity index (χ0v) is 24.3. The molecule has 0 aromatic carbocycles. The molecular weight excluding hydrogens is 620 g/mol. The summed E-state index contributed by atoms with van der Waals surface area (Å²) in [6.07, 6.45) is -8.30. The molecule has 2 unspecified atom stereocenters. The third-order valence-corrected chi connectivity index (χ3v) is 8.44. The number of hydrogen-bond acceptors (Lipinski definition) is 8. The van der Waals surface area contributed by atoms with Gasteiger partial charge in [-0.25, -0.2) is 9.78 Å². The van der Waals surface area contributed by atoms with Crippen LogP contribution in [0.2, 0.25) is 0 Å². The minimum atomic E-state index is -5.08. The van der Waals surface area contributed by atoms with Crippen LogP contribution in [0, 0.1) is 24.2 Å². The summed E-state index contributed by atoms with van der Waals surface area (Å²) in [5.41, 5.74) is -0.111. The highest BCUT2D eigenvalue weighted by Crippen LogP contribution is 2.63. The number of pyridine rings is 2. The maximum atomic E-state index is 13.6. The fourth-order valence-electron chi connectivity index (χ4n) is 5.13. The summed E-state index contributed by atoms with van der Waals surface area (Å²) in [7, 11) is 1.58. The van der Waals surface area contributed by atoms with E-state index in [0.717, 1.165) is 6.07 Å². The molecule has 3 aromatic rings. The standard InChI is InChI=1S/C25H24F3N5O3S.C2HF3O2/c1-11-20(32-17(34)9-29-4)14(8-16(31-11)25(26,27)28)13-5-6-30-15-7-12(37-21(13)15)10-33-22(35)18-19(23(33)36)24(18,2)3;3-2(4,5)1(6)7/h5-8,18-19,29H,9-10H2,1-4H3,(H,32,34);(H,6,7). The van der Waals surface area contributed by atoms with Gasteiger partial charge in [-0.05, 0) is 37.6 Å². The van der Waals surface area contributed by atoms with Crippen LogP contribution >= 0.6 is 11.3 Å². The number of amides is 3. The Balaban J connectivity index is 0.000000566. The number of imide groups is 1. The van der Waals surface area contributed by atoms with E-state index in [9.17, 15) is 40.7 Å². The summed E-state index contributed by atoms with van der Waals surface area (Å²) >= 11 is 1.25. The number of carbonyl (C=O) groups excluding carboxylic acids is 3. The molecule has 17 heteroatoms. The number of nitrogens with zero attached hydrogens (tertiary/aromatic N) is 3. The number of fused-ring (bicyclic) bond motifs is 2. The van der Waals surface area contributed by atoms with Crippen molar-refractivity contribution in [2.24, 2.45) is 17.3 Å². The molecule has 2 atom stereocenters. The van der Waals surface area contributed by atoms with Gasteiger partial charge in [0.1, 0.15) is 5.69 Å². The molecule has 1 saturated heterocycles. The molecule has 0 bridgehead atoms. The first-order chi connectivity index (χ1) is 20.3. The van der Waals surface area contributed by atoms with Gasteiger partial charge in [0.05, 0.1) is 46.5 Å². The lowest BCUT2D eigenvalue weighted by atomic mass is 10.0. The second-order valence-electron chi connectivity index (χ2n) is 10.7. The largest absolute Gasteiger partial charge is 0.490 e. The van der Waals surface area contributed by atoms with E-state index < -0.39 is 29.9 Å². The van der Waals surface area contributed by atoms with E-state index in [2.05, 4.69) is 20.6 Å². The van der Waals surface area contributed by atoms with Crippen molar-refractivity contribution < 1.29 is 50.6 Å². The lowest BCUT2D eigenvalue weighted by molar-refractivity contribution is -0.192. The number of carboxylic acids is 1.